The second-order valence-electron chi connectivity index (χ2n) is 6.84. The van der Waals surface area contributed by atoms with Gasteiger partial charge in [-0.2, -0.15) is 5.10 Å². The summed E-state index contributed by atoms with van der Waals surface area (Å²) >= 11 is 0. The second-order valence-corrected chi connectivity index (χ2v) is 6.84. The molecule has 0 saturated heterocycles. The standard InChI is InChI=1S/C19H23N5O3/c1-9(2)27-19(26)15-10(3)16(21-12(15)5)18(25)22-13-7-14-11(4)23-24(6)17(14)20-8-13/h7-9,21H,1-6H3,(H,22,25). The summed E-state index contributed by atoms with van der Waals surface area (Å²) in [7, 11) is 1.82. The van der Waals surface area contributed by atoms with E-state index in [2.05, 4.69) is 20.4 Å². The van der Waals surface area contributed by atoms with Gasteiger partial charge in [0.05, 0.1) is 29.2 Å². The Morgan fingerprint density at radius 1 is 1.26 bits per heavy atom. The van der Waals surface area contributed by atoms with Gasteiger partial charge < -0.3 is 15.0 Å². The third kappa shape index (κ3) is 3.42. The molecule has 0 saturated carbocycles. The molecule has 0 bridgehead atoms. The first kappa shape index (κ1) is 18.6. The van der Waals surface area contributed by atoms with E-state index in [4.69, 9.17) is 4.74 Å². The topological polar surface area (TPSA) is 102 Å². The molecule has 3 aromatic heterocycles. The highest BCUT2D eigenvalue weighted by molar-refractivity contribution is 6.07. The highest BCUT2D eigenvalue weighted by Gasteiger charge is 2.24. The van der Waals surface area contributed by atoms with Crippen LogP contribution < -0.4 is 5.32 Å². The first-order valence-electron chi connectivity index (χ1n) is 8.70. The van der Waals surface area contributed by atoms with E-state index in [-0.39, 0.29) is 12.0 Å². The minimum Gasteiger partial charge on any atom is -0.459 e. The minimum absolute atomic E-state index is 0.232. The molecule has 8 nitrogen and oxygen atoms in total. The molecule has 0 fully saturated rings. The number of pyridine rings is 1. The van der Waals surface area contributed by atoms with E-state index in [1.807, 2.05) is 20.0 Å². The van der Waals surface area contributed by atoms with E-state index in [0.29, 0.717) is 28.2 Å². The Kier molecular flexibility index (Phi) is 4.73. The highest BCUT2D eigenvalue weighted by atomic mass is 16.5. The number of rotatable bonds is 4. The fourth-order valence-corrected chi connectivity index (χ4v) is 3.13. The molecule has 8 heteroatoms. The molecule has 1 amide bonds. The summed E-state index contributed by atoms with van der Waals surface area (Å²) in [4.78, 5) is 32.4. The number of amides is 1. The molecule has 0 aliphatic rings. The molecular weight excluding hydrogens is 346 g/mol. The summed E-state index contributed by atoms with van der Waals surface area (Å²) in [5.74, 6) is -0.786. The van der Waals surface area contributed by atoms with Gasteiger partial charge in [-0.25, -0.2) is 9.78 Å². The molecular formula is C19H23N5O3. The van der Waals surface area contributed by atoms with Crippen LogP contribution in [0.15, 0.2) is 12.3 Å². The first-order valence-corrected chi connectivity index (χ1v) is 8.70. The van der Waals surface area contributed by atoms with Gasteiger partial charge in [0.2, 0.25) is 0 Å². The highest BCUT2D eigenvalue weighted by Crippen LogP contribution is 2.23. The lowest BCUT2D eigenvalue weighted by molar-refractivity contribution is 0.0376. The van der Waals surface area contributed by atoms with Crippen molar-refractivity contribution in [3.63, 3.8) is 0 Å². The Labute approximate surface area is 156 Å². The van der Waals surface area contributed by atoms with Crippen molar-refractivity contribution in [1.82, 2.24) is 19.7 Å². The Bertz CT molecular complexity index is 1050. The molecule has 0 radical (unpaired) electrons. The smallest absolute Gasteiger partial charge is 0.340 e. The van der Waals surface area contributed by atoms with Gasteiger partial charge in [-0.1, -0.05) is 0 Å². The van der Waals surface area contributed by atoms with E-state index >= 15 is 0 Å². The number of carbonyl (C=O) groups excluding carboxylic acids is 2. The largest absolute Gasteiger partial charge is 0.459 e. The monoisotopic (exact) mass is 369 g/mol. The zero-order valence-corrected chi connectivity index (χ0v) is 16.3. The van der Waals surface area contributed by atoms with Crippen molar-refractivity contribution in [3.8, 4) is 0 Å². The van der Waals surface area contributed by atoms with E-state index in [9.17, 15) is 9.59 Å². The van der Waals surface area contributed by atoms with Crippen LogP contribution in [0.2, 0.25) is 0 Å². The number of hydrogen-bond acceptors (Lipinski definition) is 5. The third-order valence-electron chi connectivity index (χ3n) is 4.33. The maximum Gasteiger partial charge on any atom is 0.340 e. The number of aromatic nitrogens is 4. The lowest BCUT2D eigenvalue weighted by Gasteiger charge is -2.08. The molecule has 142 valence electrons. The summed E-state index contributed by atoms with van der Waals surface area (Å²) in [5, 5.41) is 8.02. The molecule has 27 heavy (non-hydrogen) atoms. The van der Waals surface area contributed by atoms with Crippen LogP contribution >= 0.6 is 0 Å². The maximum absolute atomic E-state index is 12.7. The van der Waals surface area contributed by atoms with Crippen LogP contribution in [-0.4, -0.2) is 37.7 Å². The fraction of sp³-hybridized carbons (Fsp3) is 0.368. The molecule has 0 aliphatic heterocycles. The quantitative estimate of drug-likeness (QED) is 0.688. The molecule has 3 rings (SSSR count). The van der Waals surface area contributed by atoms with Gasteiger partial charge in [-0.05, 0) is 46.2 Å². The molecule has 2 N–H and O–H groups in total. The number of nitrogens with one attached hydrogen (secondary N) is 2. The Balaban J connectivity index is 1.89. The van der Waals surface area contributed by atoms with Crippen molar-refractivity contribution in [2.75, 3.05) is 5.32 Å². The zero-order valence-electron chi connectivity index (χ0n) is 16.3. The predicted octanol–water partition coefficient (Wildman–Crippen LogP) is 3.04. The second kappa shape index (κ2) is 6.86. The lowest BCUT2D eigenvalue weighted by Crippen LogP contribution is -2.15. The van der Waals surface area contributed by atoms with Crippen molar-refractivity contribution in [2.45, 2.75) is 40.7 Å². The minimum atomic E-state index is -0.440. The van der Waals surface area contributed by atoms with Crippen molar-refractivity contribution >= 4 is 28.6 Å². The number of fused-ring (bicyclic) bond motifs is 1. The Morgan fingerprint density at radius 3 is 2.63 bits per heavy atom. The average Bonchev–Trinajstić information content (AvgIpc) is 3.03. The van der Waals surface area contributed by atoms with Crippen LogP contribution in [-0.2, 0) is 11.8 Å². The van der Waals surface area contributed by atoms with Crippen LogP contribution in [0.5, 0.6) is 0 Å². The van der Waals surface area contributed by atoms with Crippen molar-refractivity contribution in [1.29, 1.82) is 0 Å². The fourth-order valence-electron chi connectivity index (χ4n) is 3.13. The SMILES string of the molecule is Cc1[nH]c(C(=O)Nc2cnc3c(c2)c(C)nn3C)c(C)c1C(=O)OC(C)C. The van der Waals surface area contributed by atoms with Crippen LogP contribution in [0, 0.1) is 20.8 Å². The van der Waals surface area contributed by atoms with Gasteiger partial charge in [0.15, 0.2) is 5.65 Å². The first-order chi connectivity index (χ1) is 12.7. The summed E-state index contributed by atoms with van der Waals surface area (Å²) in [6, 6.07) is 1.83. The van der Waals surface area contributed by atoms with Crippen LogP contribution in [0.3, 0.4) is 0 Å². The number of hydrogen-bond donors (Lipinski definition) is 2. The van der Waals surface area contributed by atoms with Crippen LogP contribution in [0.25, 0.3) is 11.0 Å². The van der Waals surface area contributed by atoms with Gasteiger partial charge in [-0.15, -0.1) is 0 Å². The predicted molar refractivity (Wildman–Crippen MR) is 102 cm³/mol. The zero-order chi connectivity index (χ0) is 19.9. The van der Waals surface area contributed by atoms with Crippen molar-refractivity contribution in [3.05, 3.63) is 40.5 Å². The number of aromatic amines is 1. The summed E-state index contributed by atoms with van der Waals surface area (Å²) in [5.41, 5.74) is 4.01. The Morgan fingerprint density at radius 2 is 1.96 bits per heavy atom. The van der Waals surface area contributed by atoms with E-state index in [1.54, 1.807) is 38.6 Å². The van der Waals surface area contributed by atoms with Gasteiger partial charge in [-0.3, -0.25) is 9.48 Å². The summed E-state index contributed by atoms with van der Waals surface area (Å²) in [6.45, 7) is 8.93. The number of H-pyrrole nitrogens is 1. The van der Waals surface area contributed by atoms with Crippen LogP contribution in [0.4, 0.5) is 5.69 Å². The number of carbonyl (C=O) groups is 2. The number of nitrogens with zero attached hydrogens (tertiary/aromatic N) is 3. The van der Waals surface area contributed by atoms with Crippen molar-refractivity contribution in [2.24, 2.45) is 7.05 Å². The molecule has 0 unspecified atom stereocenters. The van der Waals surface area contributed by atoms with Crippen molar-refractivity contribution < 1.29 is 14.3 Å². The molecule has 3 aromatic rings. The molecule has 3 heterocycles. The Hall–Kier alpha value is -3.16. The molecule has 0 atom stereocenters. The normalized spacial score (nSPS) is 11.2. The van der Waals surface area contributed by atoms with E-state index < -0.39 is 5.97 Å². The summed E-state index contributed by atoms with van der Waals surface area (Å²) < 4.78 is 6.96. The van der Waals surface area contributed by atoms with E-state index in [1.165, 1.54) is 0 Å². The van der Waals surface area contributed by atoms with Crippen LogP contribution in [0.1, 0.15) is 51.6 Å². The lowest BCUT2D eigenvalue weighted by atomic mass is 10.1. The number of esters is 1. The molecule has 0 spiro atoms. The maximum atomic E-state index is 12.7. The van der Waals surface area contributed by atoms with Gasteiger partial charge in [0.1, 0.15) is 5.69 Å². The number of ether oxygens (including phenoxy) is 1. The third-order valence-corrected chi connectivity index (χ3v) is 4.33. The molecule has 0 aliphatic carbocycles. The van der Waals surface area contributed by atoms with Gasteiger partial charge in [0.25, 0.3) is 5.91 Å². The van der Waals surface area contributed by atoms with E-state index in [0.717, 1.165) is 16.7 Å². The average molecular weight is 369 g/mol. The molecule has 0 aromatic carbocycles. The number of anilines is 1. The summed E-state index contributed by atoms with van der Waals surface area (Å²) in [6.07, 6.45) is 1.35. The van der Waals surface area contributed by atoms with Gasteiger partial charge >= 0.3 is 5.97 Å². The van der Waals surface area contributed by atoms with Gasteiger partial charge in [0, 0.05) is 18.1 Å². The number of aryl methyl sites for hydroxylation is 3.